The Kier molecular flexibility index (Phi) is 6.46. The highest BCUT2D eigenvalue weighted by atomic mass is 16.3. The fourth-order valence-electron chi connectivity index (χ4n) is 7.38. The van der Waals surface area contributed by atoms with Gasteiger partial charge in [-0.25, -0.2) is 0 Å². The van der Waals surface area contributed by atoms with Crippen molar-refractivity contribution in [3.05, 3.63) is 182 Å². The fraction of sp³-hybridized carbons (Fsp3) is 0. The number of hydrogen-bond acceptors (Lipinski definition) is 4. The second-order valence-electron chi connectivity index (χ2n) is 12.5. The summed E-state index contributed by atoms with van der Waals surface area (Å²) in [6.07, 6.45) is 0. The van der Waals surface area contributed by atoms with Crippen LogP contribution in [0.25, 0.3) is 54.6 Å². The van der Waals surface area contributed by atoms with Gasteiger partial charge in [-0.2, -0.15) is 0 Å². The van der Waals surface area contributed by atoms with E-state index in [1.165, 1.54) is 0 Å². The van der Waals surface area contributed by atoms with E-state index >= 15 is 0 Å². The lowest BCUT2D eigenvalue weighted by atomic mass is 10.0. The number of furan rings is 2. The Morgan fingerprint density at radius 2 is 0.860 bits per heavy atom. The van der Waals surface area contributed by atoms with Crippen molar-refractivity contribution in [3.8, 4) is 0 Å². The van der Waals surface area contributed by atoms with Crippen molar-refractivity contribution in [2.45, 2.75) is 0 Å². The van der Waals surface area contributed by atoms with Crippen molar-refractivity contribution in [2.24, 2.45) is 0 Å². The van der Waals surface area contributed by atoms with Crippen LogP contribution in [0.4, 0.5) is 34.1 Å². The first-order valence-electron chi connectivity index (χ1n) is 16.9. The van der Waals surface area contributed by atoms with E-state index in [9.17, 15) is 0 Å². The minimum atomic E-state index is 0.812. The van der Waals surface area contributed by atoms with E-state index in [0.717, 1.165) is 88.8 Å². The van der Waals surface area contributed by atoms with Gasteiger partial charge in [0, 0.05) is 50.4 Å². The molecule has 0 aliphatic heterocycles. The summed E-state index contributed by atoms with van der Waals surface area (Å²) in [6, 6.07) is 63.5. The number of hydrogen-bond donors (Lipinski definition) is 0. The minimum absolute atomic E-state index is 0.812. The zero-order chi connectivity index (χ0) is 33.0. The molecule has 0 spiro atoms. The van der Waals surface area contributed by atoms with Gasteiger partial charge in [0.1, 0.15) is 16.7 Å². The molecule has 8 aromatic carbocycles. The SMILES string of the molecule is c1ccc(N(c2ccccc2)c2ccc(N(c3ccccc3)c3ccc4c(c3)oc3ccccc34)c3c2oc2c4ccccc4ccc23)cc1. The first-order chi connectivity index (χ1) is 24.8. The Bertz CT molecular complexity index is 2780. The predicted molar refractivity (Wildman–Crippen MR) is 208 cm³/mol. The summed E-state index contributed by atoms with van der Waals surface area (Å²) >= 11 is 0. The molecule has 0 aliphatic carbocycles. The molecule has 0 unspecified atom stereocenters. The van der Waals surface area contributed by atoms with Gasteiger partial charge in [0.25, 0.3) is 0 Å². The summed E-state index contributed by atoms with van der Waals surface area (Å²) in [4.78, 5) is 4.60. The predicted octanol–water partition coefficient (Wildman–Crippen LogP) is 13.6. The molecule has 10 rings (SSSR count). The van der Waals surface area contributed by atoms with Crippen LogP contribution in [0.15, 0.2) is 191 Å². The average Bonchev–Trinajstić information content (AvgIpc) is 3.76. The number of benzene rings is 8. The van der Waals surface area contributed by atoms with Gasteiger partial charge in [-0.15, -0.1) is 0 Å². The molecule has 0 atom stereocenters. The number of anilines is 6. The molecule has 0 N–H and O–H groups in total. The normalized spacial score (nSPS) is 11.6. The molecule has 0 fully saturated rings. The Hall–Kier alpha value is -6.78. The van der Waals surface area contributed by atoms with Gasteiger partial charge in [-0.3, -0.25) is 0 Å². The van der Waals surface area contributed by atoms with Gasteiger partial charge in [0.15, 0.2) is 5.58 Å². The van der Waals surface area contributed by atoms with Crippen LogP contribution >= 0.6 is 0 Å². The largest absolute Gasteiger partial charge is 0.456 e. The molecule has 4 nitrogen and oxygen atoms in total. The summed E-state index contributed by atoms with van der Waals surface area (Å²) < 4.78 is 13.5. The van der Waals surface area contributed by atoms with Crippen molar-refractivity contribution < 1.29 is 8.83 Å². The minimum Gasteiger partial charge on any atom is -0.456 e. The van der Waals surface area contributed by atoms with Gasteiger partial charge in [0.2, 0.25) is 0 Å². The molecule has 0 radical (unpaired) electrons. The molecule has 0 amide bonds. The third kappa shape index (κ3) is 4.46. The molecule has 0 saturated carbocycles. The maximum absolute atomic E-state index is 7.11. The van der Waals surface area contributed by atoms with Crippen LogP contribution in [0.5, 0.6) is 0 Å². The molecule has 0 saturated heterocycles. The maximum Gasteiger partial charge on any atom is 0.161 e. The van der Waals surface area contributed by atoms with Crippen molar-refractivity contribution in [3.63, 3.8) is 0 Å². The van der Waals surface area contributed by atoms with E-state index in [0.29, 0.717) is 0 Å². The van der Waals surface area contributed by atoms with Gasteiger partial charge in [-0.05, 0) is 78.2 Å². The Balaban J connectivity index is 1.30. The Labute approximate surface area is 288 Å². The second kappa shape index (κ2) is 11.4. The average molecular weight is 643 g/mol. The monoisotopic (exact) mass is 642 g/mol. The molecule has 0 bridgehead atoms. The van der Waals surface area contributed by atoms with Gasteiger partial charge in [-0.1, -0.05) is 103 Å². The van der Waals surface area contributed by atoms with Crippen LogP contribution in [0.3, 0.4) is 0 Å². The van der Waals surface area contributed by atoms with E-state index in [4.69, 9.17) is 8.83 Å². The van der Waals surface area contributed by atoms with Crippen molar-refractivity contribution >= 4 is 88.8 Å². The highest BCUT2D eigenvalue weighted by Gasteiger charge is 2.26. The molecule has 2 aromatic heterocycles. The lowest BCUT2D eigenvalue weighted by Gasteiger charge is -2.29. The highest BCUT2D eigenvalue weighted by molar-refractivity contribution is 6.22. The summed E-state index contributed by atoms with van der Waals surface area (Å²) in [5.74, 6) is 0. The van der Waals surface area contributed by atoms with Crippen molar-refractivity contribution in [1.29, 1.82) is 0 Å². The van der Waals surface area contributed by atoms with Gasteiger partial charge in [0.05, 0.1) is 16.8 Å². The first-order valence-corrected chi connectivity index (χ1v) is 16.9. The molecule has 0 aliphatic rings. The molecule has 10 aromatic rings. The molecule has 4 heteroatoms. The second-order valence-corrected chi connectivity index (χ2v) is 12.5. The van der Waals surface area contributed by atoms with Crippen LogP contribution in [0.1, 0.15) is 0 Å². The molecular formula is C46H30N2O2. The number of nitrogens with zero attached hydrogens (tertiary/aromatic N) is 2. The topological polar surface area (TPSA) is 32.8 Å². The zero-order valence-corrected chi connectivity index (χ0v) is 27.0. The summed E-state index contributed by atoms with van der Waals surface area (Å²) in [7, 11) is 0. The van der Waals surface area contributed by atoms with Crippen LogP contribution in [-0.4, -0.2) is 0 Å². The van der Waals surface area contributed by atoms with Crippen LogP contribution in [0, 0.1) is 0 Å². The Morgan fingerprint density at radius 3 is 1.56 bits per heavy atom. The van der Waals surface area contributed by atoms with E-state index in [1.807, 2.05) is 12.1 Å². The highest BCUT2D eigenvalue weighted by Crippen LogP contribution is 2.50. The summed E-state index contributed by atoms with van der Waals surface area (Å²) in [6.45, 7) is 0. The molecular weight excluding hydrogens is 613 g/mol. The first kappa shape index (κ1) is 28.3. The fourth-order valence-corrected chi connectivity index (χ4v) is 7.38. The lowest BCUT2D eigenvalue weighted by Crippen LogP contribution is -2.13. The number of rotatable bonds is 6. The zero-order valence-electron chi connectivity index (χ0n) is 27.0. The van der Waals surface area contributed by atoms with Gasteiger partial charge < -0.3 is 18.6 Å². The summed E-state index contributed by atoms with van der Waals surface area (Å²) in [5, 5.41) is 6.52. The maximum atomic E-state index is 7.11. The van der Waals surface area contributed by atoms with E-state index in [2.05, 4.69) is 180 Å². The smallest absolute Gasteiger partial charge is 0.161 e. The molecule has 50 heavy (non-hydrogen) atoms. The van der Waals surface area contributed by atoms with E-state index < -0.39 is 0 Å². The van der Waals surface area contributed by atoms with Gasteiger partial charge >= 0.3 is 0 Å². The standard InChI is InChI=1S/C46H30N2O2/c1-4-15-32(16-5-1)47(33-17-6-2-7-18-33)41-29-28-40(44-39-26-24-31-14-10-11-21-36(31)45(39)50-46(41)44)48(34-19-8-3-9-20-34)35-25-27-38-37-22-12-13-23-42(37)49-43(38)30-35/h1-30H. The number of para-hydroxylation sites is 4. The van der Waals surface area contributed by atoms with Crippen LogP contribution in [0.2, 0.25) is 0 Å². The molecule has 236 valence electrons. The van der Waals surface area contributed by atoms with E-state index in [1.54, 1.807) is 0 Å². The van der Waals surface area contributed by atoms with E-state index in [-0.39, 0.29) is 0 Å². The van der Waals surface area contributed by atoms with Crippen molar-refractivity contribution in [1.82, 2.24) is 0 Å². The van der Waals surface area contributed by atoms with Crippen LogP contribution in [-0.2, 0) is 0 Å². The number of fused-ring (bicyclic) bond motifs is 8. The van der Waals surface area contributed by atoms with Crippen LogP contribution < -0.4 is 9.80 Å². The quantitative estimate of drug-likeness (QED) is 0.181. The Morgan fingerprint density at radius 1 is 0.320 bits per heavy atom. The third-order valence-corrected chi connectivity index (χ3v) is 9.61. The lowest BCUT2D eigenvalue weighted by molar-refractivity contribution is 0.669. The third-order valence-electron chi connectivity index (χ3n) is 9.61. The summed E-state index contributed by atoms with van der Waals surface area (Å²) in [5.41, 5.74) is 9.52. The molecule has 2 heterocycles. The van der Waals surface area contributed by atoms with Crippen molar-refractivity contribution in [2.75, 3.05) is 9.80 Å².